The maximum absolute atomic E-state index is 3.14. The van der Waals surface area contributed by atoms with E-state index >= 15 is 0 Å². The molecule has 2 heteroatoms. The van der Waals surface area contributed by atoms with Gasteiger partial charge in [0.05, 0.1) is 0 Å². The molecule has 0 radical (unpaired) electrons. The Hall–Kier alpha value is 0.548. The average Bonchev–Trinajstić information content (AvgIpc) is 1.63. The van der Waals surface area contributed by atoms with Gasteiger partial charge in [0.25, 0.3) is 0 Å². The molecule has 0 aliphatic rings. The van der Waals surface area contributed by atoms with Gasteiger partial charge >= 0.3 is 74.1 Å². The van der Waals surface area contributed by atoms with Gasteiger partial charge in [-0.3, -0.25) is 0 Å². The fourth-order valence-corrected chi connectivity index (χ4v) is 1.57. The summed E-state index contributed by atoms with van der Waals surface area (Å²) in [4.78, 5) is 3.08. The minimum absolute atomic E-state index is 0.166. The van der Waals surface area contributed by atoms with Crippen LogP contribution in [0.5, 0.6) is 0 Å². The fraction of sp³-hybridized carbons (Fsp3) is 0.571. The topological polar surface area (TPSA) is 0 Å². The zero-order valence-electron chi connectivity index (χ0n) is 5.82. The molecule has 0 bridgehead atoms. The van der Waals surface area contributed by atoms with E-state index in [1.807, 2.05) is 19.2 Å². The zero-order valence-corrected chi connectivity index (χ0v) is 9.54. The Labute approximate surface area is 74.0 Å². The second kappa shape index (κ2) is 4.38. The molecule has 48 valence electrons. The van der Waals surface area contributed by atoms with Crippen LogP contribution in [0.25, 0.3) is 0 Å². The van der Waals surface area contributed by atoms with Crippen molar-refractivity contribution in [3.8, 4) is 13.8 Å². The summed E-state index contributed by atoms with van der Waals surface area (Å²) in [6.07, 6.45) is 0. The van der Waals surface area contributed by atoms with Gasteiger partial charge in [-0.05, 0) is 0 Å². The minimum atomic E-state index is 0.166. The molecule has 0 unspecified atom stereocenters. The third-order valence-electron chi connectivity index (χ3n) is 0.519. The van der Waals surface area contributed by atoms with Gasteiger partial charge in [0.1, 0.15) is 0 Å². The molecule has 0 saturated carbocycles. The Morgan fingerprint density at radius 3 is 2.22 bits per heavy atom. The molecule has 0 aromatic rings. The van der Waals surface area contributed by atoms with E-state index in [0.29, 0.717) is 15.0 Å². The molecule has 0 N–H and O–H groups in total. The molecule has 0 nitrogen and oxygen atoms in total. The summed E-state index contributed by atoms with van der Waals surface area (Å²) in [5, 5.41) is 0. The first-order valence-corrected chi connectivity index (χ1v) is 5.33. The van der Waals surface area contributed by atoms with Crippen LogP contribution in [0.2, 0.25) is 0 Å². The van der Waals surface area contributed by atoms with E-state index in [-0.39, 0.29) is 5.41 Å². The standard InChI is InChI=1S/C7H9Se.Mo/c1-7(2,3)5-6-8-4;/h1-3H3;/q;+1. The van der Waals surface area contributed by atoms with E-state index in [2.05, 4.69) is 34.6 Å². The van der Waals surface area contributed by atoms with E-state index in [1.165, 1.54) is 0 Å². The van der Waals surface area contributed by atoms with Crippen molar-refractivity contribution in [2.75, 3.05) is 0 Å². The Morgan fingerprint density at radius 1 is 1.33 bits per heavy atom. The van der Waals surface area contributed by atoms with Crippen LogP contribution in [0, 0.1) is 19.3 Å². The monoisotopic (exact) mass is 271 g/mol. The van der Waals surface area contributed by atoms with Gasteiger partial charge in [-0.1, -0.05) is 0 Å². The summed E-state index contributed by atoms with van der Waals surface area (Å²) in [6, 6.07) is 0. The first kappa shape index (κ1) is 9.55. The van der Waals surface area contributed by atoms with Crippen LogP contribution in [-0.2, 0) is 19.2 Å². The first-order valence-electron chi connectivity index (χ1n) is 2.61. The second-order valence-corrected chi connectivity index (χ2v) is 6.00. The maximum atomic E-state index is 3.14. The summed E-state index contributed by atoms with van der Waals surface area (Å²) in [5.41, 5.74) is 0.166. The summed E-state index contributed by atoms with van der Waals surface area (Å²) in [7, 11) is 0. The van der Waals surface area contributed by atoms with E-state index in [9.17, 15) is 0 Å². The molecule has 0 heterocycles. The van der Waals surface area contributed by atoms with Gasteiger partial charge in [-0.15, -0.1) is 0 Å². The molecule has 0 fully saturated rings. The normalized spacial score (nSPS) is 9.11. The Morgan fingerprint density at radius 2 is 1.89 bits per heavy atom. The third kappa shape index (κ3) is 8.55. The van der Waals surface area contributed by atoms with Crippen LogP contribution < -0.4 is 0 Å². The molecule has 0 amide bonds. The van der Waals surface area contributed by atoms with Gasteiger partial charge < -0.3 is 0 Å². The van der Waals surface area contributed by atoms with Crippen molar-refractivity contribution in [1.29, 1.82) is 0 Å². The van der Waals surface area contributed by atoms with Gasteiger partial charge in [0.2, 0.25) is 0 Å². The van der Waals surface area contributed by atoms with Crippen molar-refractivity contribution in [3.63, 3.8) is 0 Å². The van der Waals surface area contributed by atoms with Gasteiger partial charge in [0, 0.05) is 0 Å². The SMILES string of the molecule is CC(C)(C)C#C[Se][C]#[Mo+]. The van der Waals surface area contributed by atoms with Crippen molar-refractivity contribution >= 4 is 15.0 Å². The van der Waals surface area contributed by atoms with Crippen LogP contribution in [0.4, 0.5) is 0 Å². The van der Waals surface area contributed by atoms with Crippen LogP contribution in [0.15, 0.2) is 0 Å². The third-order valence-corrected chi connectivity index (χ3v) is 2.19. The molecular formula is C7H9MoSe+. The van der Waals surface area contributed by atoms with Gasteiger partial charge in [-0.25, -0.2) is 0 Å². The van der Waals surface area contributed by atoms with Crippen LogP contribution in [0.1, 0.15) is 20.8 Å². The van der Waals surface area contributed by atoms with Crippen molar-refractivity contribution in [2.24, 2.45) is 5.41 Å². The Balaban J connectivity index is 3.77. The Kier molecular flexibility index (Phi) is 4.64. The first-order chi connectivity index (χ1) is 4.06. The van der Waals surface area contributed by atoms with Gasteiger partial charge in [0.15, 0.2) is 0 Å². The summed E-state index contributed by atoms with van der Waals surface area (Å²) in [5.74, 6) is 3.14. The summed E-state index contributed by atoms with van der Waals surface area (Å²) >= 11 is 2.18. The summed E-state index contributed by atoms with van der Waals surface area (Å²) in [6.45, 7) is 6.35. The number of hydrogen-bond donors (Lipinski definition) is 0. The number of rotatable bonds is 0. The number of hydrogen-bond acceptors (Lipinski definition) is 0. The molecule has 0 aromatic carbocycles. The van der Waals surface area contributed by atoms with Crippen LogP contribution in [0.3, 0.4) is 0 Å². The van der Waals surface area contributed by atoms with E-state index in [1.54, 1.807) is 0 Å². The zero-order chi connectivity index (χ0) is 7.33. The van der Waals surface area contributed by atoms with E-state index in [0.717, 1.165) is 0 Å². The van der Waals surface area contributed by atoms with Crippen LogP contribution in [-0.4, -0.2) is 15.0 Å². The van der Waals surface area contributed by atoms with E-state index < -0.39 is 0 Å². The predicted octanol–water partition coefficient (Wildman–Crippen LogP) is 1.16. The molecule has 0 spiro atoms. The molecule has 0 aromatic heterocycles. The summed E-state index contributed by atoms with van der Waals surface area (Å²) < 4.78 is 3.04. The average molecular weight is 268 g/mol. The van der Waals surface area contributed by atoms with Crippen molar-refractivity contribution in [2.45, 2.75) is 20.8 Å². The van der Waals surface area contributed by atoms with Crippen molar-refractivity contribution in [1.82, 2.24) is 0 Å². The fourth-order valence-electron chi connectivity index (χ4n) is 0.199. The molecule has 0 atom stereocenters. The predicted molar refractivity (Wildman–Crippen MR) is 36.9 cm³/mol. The van der Waals surface area contributed by atoms with Crippen LogP contribution >= 0.6 is 0 Å². The van der Waals surface area contributed by atoms with Gasteiger partial charge in [-0.2, -0.15) is 0 Å². The molecular weight excluding hydrogens is 259 g/mol. The van der Waals surface area contributed by atoms with E-state index in [4.69, 9.17) is 0 Å². The molecule has 9 heavy (non-hydrogen) atoms. The molecule has 0 saturated heterocycles. The second-order valence-electron chi connectivity index (χ2n) is 2.66. The van der Waals surface area contributed by atoms with Crippen molar-refractivity contribution < 1.29 is 19.2 Å². The quantitative estimate of drug-likeness (QED) is 0.457. The molecule has 0 aliphatic heterocycles. The van der Waals surface area contributed by atoms with Crippen molar-refractivity contribution in [3.05, 3.63) is 0 Å². The molecule has 0 rings (SSSR count). The Bertz CT molecular complexity index is 172. The molecule has 0 aliphatic carbocycles.